The summed E-state index contributed by atoms with van der Waals surface area (Å²) >= 11 is 1.19. The molecule has 0 radical (unpaired) electrons. The number of amides is 1. The van der Waals surface area contributed by atoms with E-state index in [-0.39, 0.29) is 51.4 Å². The number of benzene rings is 2. The first-order valence-electron chi connectivity index (χ1n) is 13.4. The Hall–Kier alpha value is -4.60. The van der Waals surface area contributed by atoms with Gasteiger partial charge in [-0.3, -0.25) is 10.1 Å². The molecular formula is C30H26F3N7OS. The van der Waals surface area contributed by atoms with Crippen molar-refractivity contribution >= 4 is 44.5 Å². The number of hydrogen-bond acceptors (Lipinski definition) is 7. The summed E-state index contributed by atoms with van der Waals surface area (Å²) in [6.07, 6.45) is 3.24. The van der Waals surface area contributed by atoms with Crippen LogP contribution in [0.4, 0.5) is 18.3 Å². The van der Waals surface area contributed by atoms with Gasteiger partial charge in [-0.05, 0) is 37.3 Å². The number of aromatic nitrogens is 2. The number of nitrogen functional groups attached to an aromatic ring is 1. The summed E-state index contributed by atoms with van der Waals surface area (Å²) in [7, 11) is 0. The molecule has 3 atom stereocenters. The predicted molar refractivity (Wildman–Crippen MR) is 155 cm³/mol. The molecule has 0 bridgehead atoms. The number of nitrogens with one attached hydrogen (secondary N) is 4. The lowest BCUT2D eigenvalue weighted by atomic mass is 9.88. The molecule has 1 aliphatic carbocycles. The van der Waals surface area contributed by atoms with Gasteiger partial charge in [-0.25, -0.2) is 18.2 Å². The monoisotopic (exact) mass is 589 g/mol. The summed E-state index contributed by atoms with van der Waals surface area (Å²) in [5.74, 6) is -2.44. The van der Waals surface area contributed by atoms with Gasteiger partial charge in [0.2, 0.25) is 0 Å². The van der Waals surface area contributed by atoms with Gasteiger partial charge >= 0.3 is 0 Å². The fraction of sp³-hybridized carbons (Fsp3) is 0.233. The highest BCUT2D eigenvalue weighted by Gasteiger charge is 2.35. The number of H-pyrrole nitrogens is 1. The highest BCUT2D eigenvalue weighted by atomic mass is 32.1. The average molecular weight is 590 g/mol. The number of fused-ring (bicyclic) bond motifs is 1. The summed E-state index contributed by atoms with van der Waals surface area (Å²) in [5.41, 5.74) is 7.17. The lowest BCUT2D eigenvalue weighted by Gasteiger charge is -2.36. The normalized spacial score (nSPS) is 20.9. The molecular weight excluding hydrogens is 563 g/mol. The first kappa shape index (κ1) is 27.6. The third kappa shape index (κ3) is 5.24. The maximum atomic E-state index is 16.3. The van der Waals surface area contributed by atoms with Crippen molar-refractivity contribution < 1.29 is 18.0 Å². The second-order valence-electron chi connectivity index (χ2n) is 10.3. The molecule has 2 aromatic carbocycles. The van der Waals surface area contributed by atoms with Gasteiger partial charge in [-0.2, -0.15) is 5.26 Å². The number of thiazole rings is 1. The lowest BCUT2D eigenvalue weighted by molar-refractivity contribution is 0.0918. The number of rotatable bonds is 6. The van der Waals surface area contributed by atoms with Crippen LogP contribution in [0.5, 0.6) is 0 Å². The van der Waals surface area contributed by atoms with Crippen LogP contribution in [0.1, 0.15) is 47.3 Å². The first-order chi connectivity index (χ1) is 20.3. The Morgan fingerprint density at radius 1 is 1.14 bits per heavy atom. The van der Waals surface area contributed by atoms with E-state index in [1.807, 2.05) is 0 Å². The third-order valence-corrected chi connectivity index (χ3v) is 8.27. The van der Waals surface area contributed by atoms with Crippen molar-refractivity contribution in [2.45, 2.75) is 43.9 Å². The number of aromatic amines is 1. The van der Waals surface area contributed by atoms with Crippen LogP contribution in [-0.4, -0.2) is 34.1 Å². The highest BCUT2D eigenvalue weighted by Crippen LogP contribution is 2.39. The number of carbonyl (C=O) groups is 1. The summed E-state index contributed by atoms with van der Waals surface area (Å²) in [6.45, 7) is 0. The van der Waals surface area contributed by atoms with Crippen molar-refractivity contribution in [1.82, 2.24) is 25.9 Å². The minimum atomic E-state index is -1.05. The lowest BCUT2D eigenvalue weighted by Crippen LogP contribution is -2.52. The van der Waals surface area contributed by atoms with Crippen LogP contribution in [0, 0.1) is 23.0 Å². The first-order valence-corrected chi connectivity index (χ1v) is 14.3. The molecule has 12 heteroatoms. The third-order valence-electron chi connectivity index (χ3n) is 7.60. The Labute approximate surface area is 243 Å². The van der Waals surface area contributed by atoms with E-state index in [9.17, 15) is 18.8 Å². The van der Waals surface area contributed by atoms with E-state index in [4.69, 9.17) is 5.73 Å². The number of dihydropyridines is 1. The van der Waals surface area contributed by atoms with Gasteiger partial charge in [0.15, 0.2) is 5.13 Å². The Morgan fingerprint density at radius 3 is 2.67 bits per heavy atom. The van der Waals surface area contributed by atoms with Gasteiger partial charge in [0.05, 0.1) is 16.8 Å². The number of nitrogens with two attached hydrogens (primary N) is 1. The predicted octanol–water partition coefficient (Wildman–Crippen LogP) is 5.36. The van der Waals surface area contributed by atoms with Gasteiger partial charge in [0, 0.05) is 46.2 Å². The summed E-state index contributed by atoms with van der Waals surface area (Å²) in [6, 6.07) is 12.4. The number of allylic oxidation sites excluding steroid dienone is 2. The number of anilines is 1. The zero-order valence-electron chi connectivity index (χ0n) is 22.2. The minimum absolute atomic E-state index is 0.0126. The van der Waals surface area contributed by atoms with Crippen LogP contribution in [0.25, 0.3) is 22.2 Å². The molecule has 2 aromatic heterocycles. The number of carbonyl (C=O) groups excluding carboxylic acids is 1. The fourth-order valence-corrected chi connectivity index (χ4v) is 6.26. The molecule has 6 N–H and O–H groups in total. The number of hydrogen-bond donors (Lipinski definition) is 5. The van der Waals surface area contributed by atoms with Crippen LogP contribution >= 0.6 is 11.3 Å². The van der Waals surface area contributed by atoms with Crippen molar-refractivity contribution in [2.24, 2.45) is 0 Å². The Morgan fingerprint density at radius 2 is 1.93 bits per heavy atom. The molecule has 4 aromatic rings. The molecule has 214 valence electrons. The number of nitriles is 1. The highest BCUT2D eigenvalue weighted by molar-refractivity contribution is 7.13. The Kier molecular flexibility index (Phi) is 7.45. The summed E-state index contributed by atoms with van der Waals surface area (Å²) in [4.78, 5) is 19.5. The van der Waals surface area contributed by atoms with Crippen LogP contribution in [0.3, 0.4) is 0 Å². The second-order valence-corrected chi connectivity index (χ2v) is 11.2. The van der Waals surface area contributed by atoms with Crippen molar-refractivity contribution in [3.8, 4) is 6.07 Å². The maximum absolute atomic E-state index is 16.3. The zero-order chi connectivity index (χ0) is 29.4. The largest absolute Gasteiger partial charge is 0.375 e. The van der Waals surface area contributed by atoms with Gasteiger partial charge < -0.3 is 21.4 Å². The molecule has 8 nitrogen and oxygen atoms in total. The van der Waals surface area contributed by atoms with Crippen LogP contribution in [-0.2, 0) is 0 Å². The summed E-state index contributed by atoms with van der Waals surface area (Å²) < 4.78 is 45.1. The summed E-state index contributed by atoms with van der Waals surface area (Å²) in [5, 5.41) is 21.8. The van der Waals surface area contributed by atoms with Crippen molar-refractivity contribution in [2.75, 3.05) is 5.73 Å². The second kappa shape index (κ2) is 11.3. The average Bonchev–Trinajstić information content (AvgIpc) is 3.61. The topological polar surface area (TPSA) is 132 Å². The molecule has 3 heterocycles. The van der Waals surface area contributed by atoms with Gasteiger partial charge in [-0.15, -0.1) is 11.3 Å². The van der Waals surface area contributed by atoms with Crippen molar-refractivity contribution in [3.63, 3.8) is 0 Å². The van der Waals surface area contributed by atoms with E-state index in [0.29, 0.717) is 22.7 Å². The van der Waals surface area contributed by atoms with E-state index in [1.165, 1.54) is 23.6 Å². The van der Waals surface area contributed by atoms with E-state index in [0.717, 1.165) is 25.3 Å². The minimum Gasteiger partial charge on any atom is -0.375 e. The van der Waals surface area contributed by atoms with Crippen molar-refractivity contribution in [3.05, 3.63) is 93.9 Å². The van der Waals surface area contributed by atoms with E-state index >= 15 is 4.39 Å². The number of nitrogens with zero attached hydrogens (tertiary/aromatic N) is 2. The van der Waals surface area contributed by atoms with Crippen LogP contribution < -0.4 is 21.7 Å². The molecule has 0 spiro atoms. The van der Waals surface area contributed by atoms with Gasteiger partial charge in [0.1, 0.15) is 35.4 Å². The zero-order valence-corrected chi connectivity index (χ0v) is 23.0. The molecule has 1 saturated carbocycles. The molecule has 1 fully saturated rings. The molecule has 42 heavy (non-hydrogen) atoms. The Balaban J connectivity index is 1.33. The quantitative estimate of drug-likeness (QED) is 0.206. The fourth-order valence-electron chi connectivity index (χ4n) is 5.72. The van der Waals surface area contributed by atoms with Crippen molar-refractivity contribution in [1.29, 1.82) is 5.26 Å². The van der Waals surface area contributed by atoms with Crippen LogP contribution in [0.2, 0.25) is 0 Å². The molecule has 3 unspecified atom stereocenters. The van der Waals surface area contributed by atoms with E-state index in [2.05, 4.69) is 32.0 Å². The molecule has 1 amide bonds. The molecule has 6 rings (SSSR count). The standard InChI is InChI=1S/C30H26F3N7OS/c31-16-9-19-21(13-36-27(19)22(32)10-16)26-20(12-34)24(15-5-2-1-3-6-15)25(33)28(40-26)37-17-7-4-8-18(11-17)38-29(41)23-14-42-30(35)39-23/h1-3,5-6,9-10,13-14,17-18,28,36-37,40H,4,7-8,11H2,(H2,35,39)(H,38,41). The number of halogens is 3. The van der Waals surface area contributed by atoms with Crippen LogP contribution in [0.15, 0.2) is 65.4 Å². The maximum Gasteiger partial charge on any atom is 0.271 e. The smallest absolute Gasteiger partial charge is 0.271 e. The molecule has 0 saturated heterocycles. The SMILES string of the molecule is N#CC1=C(c2c[nH]c3c(F)cc(F)cc23)NC(NC2CCCC(NC(=O)c3csc(N)n3)C2)C(F)=C1c1ccccc1. The molecule has 2 aliphatic rings. The van der Waals surface area contributed by atoms with E-state index in [1.54, 1.807) is 35.7 Å². The molecule has 1 aliphatic heterocycles. The van der Waals surface area contributed by atoms with Gasteiger partial charge in [-0.1, -0.05) is 30.3 Å². The van der Waals surface area contributed by atoms with E-state index < -0.39 is 23.6 Å². The Bertz CT molecular complexity index is 1770. The van der Waals surface area contributed by atoms with Gasteiger partial charge in [0.25, 0.3) is 5.91 Å².